The van der Waals surface area contributed by atoms with E-state index >= 15 is 0 Å². The molecule has 7 nitrogen and oxygen atoms in total. The summed E-state index contributed by atoms with van der Waals surface area (Å²) in [6, 6.07) is 19.6. The van der Waals surface area contributed by atoms with Crippen LogP contribution in [0.15, 0.2) is 72.8 Å². The molecule has 9 heteroatoms. The van der Waals surface area contributed by atoms with Crippen LogP contribution in [0.4, 0.5) is 10.1 Å². The fourth-order valence-corrected chi connectivity index (χ4v) is 5.37. The van der Waals surface area contributed by atoms with Crippen LogP contribution < -0.4 is 9.62 Å². The van der Waals surface area contributed by atoms with Gasteiger partial charge in [-0.15, -0.1) is 0 Å². The highest BCUT2D eigenvalue weighted by Crippen LogP contribution is 2.25. The Morgan fingerprint density at radius 1 is 0.950 bits per heavy atom. The number of anilines is 1. The molecule has 0 saturated carbocycles. The number of halogens is 1. The summed E-state index contributed by atoms with van der Waals surface area (Å²) >= 11 is 0. The van der Waals surface area contributed by atoms with Crippen LogP contribution in [0.1, 0.15) is 36.1 Å². The Morgan fingerprint density at radius 3 is 2.20 bits per heavy atom. The minimum atomic E-state index is -3.88. The van der Waals surface area contributed by atoms with E-state index in [1.165, 1.54) is 11.0 Å². The minimum Gasteiger partial charge on any atom is -0.354 e. The van der Waals surface area contributed by atoms with Gasteiger partial charge in [-0.2, -0.15) is 0 Å². The van der Waals surface area contributed by atoms with Gasteiger partial charge in [-0.05, 0) is 43.0 Å². The van der Waals surface area contributed by atoms with Crippen molar-refractivity contribution in [3.63, 3.8) is 0 Å². The van der Waals surface area contributed by atoms with Gasteiger partial charge in [0.1, 0.15) is 18.4 Å². The van der Waals surface area contributed by atoms with Crippen LogP contribution in [-0.4, -0.2) is 50.5 Å². The van der Waals surface area contributed by atoms with Gasteiger partial charge in [0.15, 0.2) is 0 Å². The maximum Gasteiger partial charge on any atom is 0.244 e. The van der Waals surface area contributed by atoms with Crippen LogP contribution in [0.2, 0.25) is 0 Å². The van der Waals surface area contributed by atoms with Gasteiger partial charge in [0, 0.05) is 25.1 Å². The number of nitrogens with zero attached hydrogens (tertiary/aromatic N) is 2. The summed E-state index contributed by atoms with van der Waals surface area (Å²) in [6.07, 6.45) is 1.21. The third-order valence-corrected chi connectivity index (χ3v) is 7.68. The maximum atomic E-state index is 14.8. The Hall–Kier alpha value is -3.72. The Bertz CT molecular complexity index is 1430. The summed E-state index contributed by atoms with van der Waals surface area (Å²) in [4.78, 5) is 28.9. The molecule has 3 aromatic rings. The van der Waals surface area contributed by atoms with Gasteiger partial charge in [0.2, 0.25) is 21.8 Å². The molecule has 0 aliphatic carbocycles. The molecule has 0 aliphatic heterocycles. The van der Waals surface area contributed by atoms with E-state index in [1.807, 2.05) is 57.2 Å². The van der Waals surface area contributed by atoms with E-state index < -0.39 is 34.3 Å². The summed E-state index contributed by atoms with van der Waals surface area (Å²) in [5, 5.41) is 2.91. The van der Waals surface area contributed by atoms with E-state index in [0.29, 0.717) is 17.8 Å². The van der Waals surface area contributed by atoms with E-state index in [0.717, 1.165) is 21.7 Å². The molecule has 214 valence electrons. The monoisotopic (exact) mass is 567 g/mol. The molecule has 0 saturated heterocycles. The van der Waals surface area contributed by atoms with Crippen molar-refractivity contribution in [1.29, 1.82) is 0 Å². The zero-order valence-electron chi connectivity index (χ0n) is 23.7. The number of sulfonamides is 1. The first-order valence-electron chi connectivity index (χ1n) is 13.3. The molecule has 0 radical (unpaired) electrons. The van der Waals surface area contributed by atoms with Crippen molar-refractivity contribution in [3.05, 3.63) is 101 Å². The first-order valence-corrected chi connectivity index (χ1v) is 15.1. The first-order chi connectivity index (χ1) is 18.9. The van der Waals surface area contributed by atoms with Crippen molar-refractivity contribution in [3.8, 4) is 0 Å². The predicted octanol–water partition coefficient (Wildman–Crippen LogP) is 4.62. The zero-order valence-corrected chi connectivity index (χ0v) is 24.5. The number of hydrogen-bond donors (Lipinski definition) is 1. The smallest absolute Gasteiger partial charge is 0.244 e. The van der Waals surface area contributed by atoms with Crippen LogP contribution in [0, 0.1) is 25.6 Å². The van der Waals surface area contributed by atoms with E-state index in [1.54, 1.807) is 37.3 Å². The molecule has 3 aromatic carbocycles. The highest BCUT2D eigenvalue weighted by atomic mass is 32.2. The fourth-order valence-electron chi connectivity index (χ4n) is 4.47. The van der Waals surface area contributed by atoms with Gasteiger partial charge in [0.05, 0.1) is 11.9 Å². The summed E-state index contributed by atoms with van der Waals surface area (Å²) in [7, 11) is -3.88. The number of carbonyl (C=O) groups excluding carboxylic acids is 2. The molecular formula is C31H38FN3O4S. The molecule has 1 N–H and O–H groups in total. The fraction of sp³-hybridized carbons (Fsp3) is 0.355. The second kappa shape index (κ2) is 13.6. The average Bonchev–Trinajstić information content (AvgIpc) is 2.89. The summed E-state index contributed by atoms with van der Waals surface area (Å²) in [5.74, 6) is -1.35. The highest BCUT2D eigenvalue weighted by Gasteiger charge is 2.33. The third kappa shape index (κ3) is 8.39. The second-order valence-corrected chi connectivity index (χ2v) is 12.4. The molecule has 3 rings (SSSR count). The van der Waals surface area contributed by atoms with Crippen molar-refractivity contribution >= 4 is 27.5 Å². The minimum absolute atomic E-state index is 0.169. The third-order valence-electron chi connectivity index (χ3n) is 6.55. The lowest BCUT2D eigenvalue weighted by molar-refractivity contribution is -0.140. The first kappa shape index (κ1) is 30.8. The number of hydrogen-bond acceptors (Lipinski definition) is 4. The topological polar surface area (TPSA) is 86.8 Å². The van der Waals surface area contributed by atoms with Crippen molar-refractivity contribution < 1.29 is 22.4 Å². The van der Waals surface area contributed by atoms with Crippen LogP contribution in [-0.2, 0) is 32.6 Å². The van der Waals surface area contributed by atoms with Crippen LogP contribution in [0.25, 0.3) is 0 Å². The lowest BCUT2D eigenvalue weighted by Gasteiger charge is -2.34. The summed E-state index contributed by atoms with van der Waals surface area (Å²) in [6.45, 7) is 7.24. The van der Waals surface area contributed by atoms with Gasteiger partial charge in [-0.3, -0.25) is 13.9 Å². The van der Waals surface area contributed by atoms with Gasteiger partial charge < -0.3 is 10.2 Å². The van der Waals surface area contributed by atoms with Crippen LogP contribution in [0.3, 0.4) is 0 Å². The van der Waals surface area contributed by atoms with Crippen molar-refractivity contribution in [2.75, 3.05) is 23.7 Å². The molecule has 0 unspecified atom stereocenters. The molecule has 0 aromatic heterocycles. The second-order valence-electron chi connectivity index (χ2n) is 10.5. The number of benzene rings is 3. The summed E-state index contributed by atoms with van der Waals surface area (Å²) < 4.78 is 41.7. The average molecular weight is 568 g/mol. The normalized spacial score (nSPS) is 12.2. The molecular weight excluding hydrogens is 529 g/mol. The zero-order chi connectivity index (χ0) is 29.4. The lowest BCUT2D eigenvalue weighted by Crippen LogP contribution is -2.53. The van der Waals surface area contributed by atoms with Crippen molar-refractivity contribution in [1.82, 2.24) is 10.2 Å². The van der Waals surface area contributed by atoms with E-state index in [2.05, 4.69) is 5.32 Å². The quantitative estimate of drug-likeness (QED) is 0.346. The number of aryl methyl sites for hydroxylation is 2. The van der Waals surface area contributed by atoms with Crippen LogP contribution in [0.5, 0.6) is 0 Å². The Kier molecular flexibility index (Phi) is 10.5. The molecule has 40 heavy (non-hydrogen) atoms. The SMILES string of the molecule is Cc1ccc(N(CC(=O)N(Cc2ccccc2F)[C@@H](Cc2ccccc2)C(=O)NCC(C)C)S(C)(=O)=O)c(C)c1. The molecule has 2 amide bonds. The number of amides is 2. The Labute approximate surface area is 237 Å². The van der Waals surface area contributed by atoms with Gasteiger partial charge in [-0.1, -0.05) is 80.1 Å². The van der Waals surface area contributed by atoms with Crippen molar-refractivity contribution in [2.45, 2.75) is 46.7 Å². The molecule has 1 atom stereocenters. The van der Waals surface area contributed by atoms with E-state index in [9.17, 15) is 22.4 Å². The van der Waals surface area contributed by atoms with Gasteiger partial charge in [0.25, 0.3) is 0 Å². The highest BCUT2D eigenvalue weighted by molar-refractivity contribution is 7.92. The van der Waals surface area contributed by atoms with E-state index in [-0.39, 0.29) is 30.4 Å². The molecule has 0 fully saturated rings. The van der Waals surface area contributed by atoms with Crippen molar-refractivity contribution in [2.24, 2.45) is 5.92 Å². The standard InChI is InChI=1S/C31H38FN3O4S/c1-22(2)19-33-31(37)29(18-25-11-7-6-8-12-25)34(20-26-13-9-10-14-27(26)32)30(36)21-35(40(5,38)39)28-16-15-23(3)17-24(28)4/h6-17,22,29H,18-21H2,1-5H3,(H,33,37)/t29-/m0/s1. The maximum absolute atomic E-state index is 14.8. The van der Waals surface area contributed by atoms with E-state index in [4.69, 9.17) is 0 Å². The molecule has 0 heterocycles. The Balaban J connectivity index is 2.08. The molecule has 0 spiro atoms. The molecule has 0 bridgehead atoms. The largest absolute Gasteiger partial charge is 0.354 e. The predicted molar refractivity (Wildman–Crippen MR) is 157 cm³/mol. The summed E-state index contributed by atoms with van der Waals surface area (Å²) in [5.41, 5.74) is 3.05. The Morgan fingerprint density at radius 2 is 1.60 bits per heavy atom. The number of carbonyl (C=O) groups is 2. The lowest BCUT2D eigenvalue weighted by atomic mass is 10.0. The number of nitrogens with one attached hydrogen (secondary N) is 1. The van der Waals surface area contributed by atoms with Crippen LogP contribution >= 0.6 is 0 Å². The molecule has 0 aliphatic rings. The number of rotatable bonds is 12. The van der Waals surface area contributed by atoms with Gasteiger partial charge >= 0.3 is 0 Å². The van der Waals surface area contributed by atoms with Gasteiger partial charge in [-0.25, -0.2) is 12.8 Å².